The number of carbonyl (C=O) groups is 2. The van der Waals surface area contributed by atoms with E-state index in [1.165, 1.54) is 21.1 Å². The van der Waals surface area contributed by atoms with Gasteiger partial charge in [0.1, 0.15) is 30.3 Å². The molecule has 1 fully saturated rings. The Hall–Kier alpha value is -1.44. The van der Waals surface area contributed by atoms with Gasteiger partial charge in [-0.05, 0) is 45.6 Å². The van der Waals surface area contributed by atoms with Gasteiger partial charge in [0.15, 0.2) is 0 Å². The van der Waals surface area contributed by atoms with E-state index in [-0.39, 0.29) is 24.1 Å². The monoisotopic (exact) mass is 381 g/mol. The number of quaternary nitrogens is 1. The maximum atomic E-state index is 12.5. The van der Waals surface area contributed by atoms with E-state index >= 15 is 0 Å². The maximum Gasteiger partial charge on any atom is 0.341 e. The van der Waals surface area contributed by atoms with Crippen LogP contribution < -0.4 is 10.2 Å². The molecule has 2 atom stereocenters. The van der Waals surface area contributed by atoms with Gasteiger partial charge in [-0.25, -0.2) is 4.79 Å². The number of amides is 1. The molecular formula is C19H29N2O4S+. The Labute approximate surface area is 158 Å². The van der Waals surface area contributed by atoms with Gasteiger partial charge in [-0.15, -0.1) is 11.3 Å². The molecule has 1 aliphatic carbocycles. The number of carbonyl (C=O) groups excluding carboxylic acids is 2. The Balaban J connectivity index is 1.61. The molecule has 1 aromatic rings. The van der Waals surface area contributed by atoms with Crippen molar-refractivity contribution in [2.75, 3.05) is 31.6 Å². The van der Waals surface area contributed by atoms with Crippen molar-refractivity contribution in [2.24, 2.45) is 0 Å². The summed E-state index contributed by atoms with van der Waals surface area (Å²) < 4.78 is 11.0. The van der Waals surface area contributed by atoms with Gasteiger partial charge >= 0.3 is 5.97 Å². The van der Waals surface area contributed by atoms with Crippen molar-refractivity contribution >= 4 is 28.2 Å². The Bertz CT molecular complexity index is 663. The predicted octanol–water partition coefficient (Wildman–Crippen LogP) is 1.43. The standard InChI is InChI=1S/C19H28N2O4S/c1-4-24-19(23)17-14-6-5-7-15(14)26-18(17)20-16(22)8-9-21-10-12(2)25-13(3)11-21/h12-13H,4-11H2,1-3H3,(H,20,22)/p+1/t12-,13-/m0/s1. The van der Waals surface area contributed by atoms with Crippen LogP contribution in [-0.2, 0) is 27.1 Å². The Morgan fingerprint density at radius 3 is 2.69 bits per heavy atom. The molecule has 144 valence electrons. The molecule has 0 unspecified atom stereocenters. The third-order valence-electron chi connectivity index (χ3n) is 4.98. The molecule has 7 heteroatoms. The minimum absolute atomic E-state index is 0.0326. The van der Waals surface area contributed by atoms with Gasteiger partial charge in [-0.2, -0.15) is 0 Å². The van der Waals surface area contributed by atoms with E-state index < -0.39 is 0 Å². The summed E-state index contributed by atoms with van der Waals surface area (Å²) in [5, 5.41) is 3.64. The van der Waals surface area contributed by atoms with Crippen molar-refractivity contribution in [3.8, 4) is 0 Å². The third kappa shape index (κ3) is 4.45. The van der Waals surface area contributed by atoms with Crippen molar-refractivity contribution in [1.82, 2.24) is 0 Å². The second-order valence-electron chi connectivity index (χ2n) is 7.25. The van der Waals surface area contributed by atoms with Crippen LogP contribution in [0.3, 0.4) is 0 Å². The van der Waals surface area contributed by atoms with E-state index in [2.05, 4.69) is 19.2 Å². The van der Waals surface area contributed by atoms with E-state index in [1.807, 2.05) is 0 Å². The van der Waals surface area contributed by atoms with Gasteiger partial charge in [0.25, 0.3) is 0 Å². The van der Waals surface area contributed by atoms with E-state index in [4.69, 9.17) is 9.47 Å². The van der Waals surface area contributed by atoms with Crippen LogP contribution in [0.4, 0.5) is 5.00 Å². The van der Waals surface area contributed by atoms with Gasteiger partial charge in [0, 0.05) is 4.88 Å². The molecule has 3 rings (SSSR count). The molecule has 1 saturated heterocycles. The van der Waals surface area contributed by atoms with Gasteiger partial charge < -0.3 is 19.7 Å². The first-order valence-corrected chi connectivity index (χ1v) is 10.4. The first kappa shape index (κ1) is 19.3. The molecular weight excluding hydrogens is 352 g/mol. The van der Waals surface area contributed by atoms with Gasteiger partial charge in [0.05, 0.1) is 25.1 Å². The highest BCUT2D eigenvalue weighted by Gasteiger charge is 2.29. The lowest BCUT2D eigenvalue weighted by Gasteiger charge is -2.32. The highest BCUT2D eigenvalue weighted by molar-refractivity contribution is 7.17. The smallest absolute Gasteiger partial charge is 0.341 e. The molecule has 0 spiro atoms. The van der Waals surface area contributed by atoms with Crippen molar-refractivity contribution in [3.05, 3.63) is 16.0 Å². The van der Waals surface area contributed by atoms with E-state index in [0.717, 1.165) is 44.5 Å². The number of esters is 1. The molecule has 2 heterocycles. The van der Waals surface area contributed by atoms with Gasteiger partial charge in [0.2, 0.25) is 5.91 Å². The normalized spacial score (nSPS) is 25.0. The number of fused-ring (bicyclic) bond motifs is 1. The number of aryl methyl sites for hydroxylation is 1. The lowest BCUT2D eigenvalue weighted by Crippen LogP contribution is -3.15. The molecule has 1 aromatic heterocycles. The van der Waals surface area contributed by atoms with Crippen LogP contribution >= 0.6 is 11.3 Å². The van der Waals surface area contributed by atoms with Crippen LogP contribution in [0.15, 0.2) is 0 Å². The minimum atomic E-state index is -0.316. The molecule has 26 heavy (non-hydrogen) atoms. The van der Waals surface area contributed by atoms with Crippen LogP contribution in [0.1, 0.15) is 54.4 Å². The van der Waals surface area contributed by atoms with Crippen molar-refractivity contribution in [2.45, 2.75) is 58.7 Å². The van der Waals surface area contributed by atoms with Gasteiger partial charge in [-0.1, -0.05) is 0 Å². The average molecular weight is 382 g/mol. The van der Waals surface area contributed by atoms with Crippen molar-refractivity contribution in [3.63, 3.8) is 0 Å². The zero-order valence-corrected chi connectivity index (χ0v) is 16.7. The minimum Gasteiger partial charge on any atom is -0.462 e. The topological polar surface area (TPSA) is 69.1 Å². The maximum absolute atomic E-state index is 12.5. The quantitative estimate of drug-likeness (QED) is 0.732. The lowest BCUT2D eigenvalue weighted by molar-refractivity contribution is -0.914. The number of hydrogen-bond donors (Lipinski definition) is 2. The Kier molecular flexibility index (Phi) is 6.32. The highest BCUT2D eigenvalue weighted by atomic mass is 32.1. The molecule has 0 bridgehead atoms. The van der Waals surface area contributed by atoms with Crippen molar-refractivity contribution in [1.29, 1.82) is 0 Å². The number of hydrogen-bond acceptors (Lipinski definition) is 5. The summed E-state index contributed by atoms with van der Waals surface area (Å²) in [5.74, 6) is -0.349. The summed E-state index contributed by atoms with van der Waals surface area (Å²) in [4.78, 5) is 27.4. The van der Waals surface area contributed by atoms with Crippen LogP contribution in [0.25, 0.3) is 0 Å². The predicted molar refractivity (Wildman–Crippen MR) is 101 cm³/mol. The fourth-order valence-corrected chi connectivity index (χ4v) is 5.28. The first-order valence-electron chi connectivity index (χ1n) is 9.58. The largest absolute Gasteiger partial charge is 0.462 e. The van der Waals surface area contributed by atoms with Crippen LogP contribution in [-0.4, -0.2) is 50.3 Å². The first-order chi connectivity index (χ1) is 12.5. The number of thiophene rings is 1. The third-order valence-corrected chi connectivity index (χ3v) is 6.18. The number of ether oxygens (including phenoxy) is 2. The molecule has 0 radical (unpaired) electrons. The van der Waals surface area contributed by atoms with Crippen molar-refractivity contribution < 1.29 is 24.0 Å². The summed E-state index contributed by atoms with van der Waals surface area (Å²) in [7, 11) is 0. The molecule has 2 N–H and O–H groups in total. The van der Waals surface area contributed by atoms with Crippen LogP contribution in [0.2, 0.25) is 0 Å². The Morgan fingerprint density at radius 2 is 2.00 bits per heavy atom. The van der Waals surface area contributed by atoms with E-state index in [0.29, 0.717) is 23.6 Å². The number of nitrogens with one attached hydrogen (secondary N) is 2. The summed E-state index contributed by atoms with van der Waals surface area (Å²) in [6.45, 7) is 8.94. The molecule has 1 amide bonds. The number of morpholine rings is 1. The number of anilines is 1. The molecule has 0 aromatic carbocycles. The second kappa shape index (κ2) is 8.50. The second-order valence-corrected chi connectivity index (χ2v) is 8.35. The summed E-state index contributed by atoms with van der Waals surface area (Å²) in [6.07, 6.45) is 3.84. The summed E-state index contributed by atoms with van der Waals surface area (Å²) in [5.41, 5.74) is 1.66. The SMILES string of the molecule is CCOC(=O)c1c(NC(=O)CC[NH+]2C[C@H](C)O[C@@H](C)C2)sc2c1CCC2. The zero-order chi connectivity index (χ0) is 18.7. The zero-order valence-electron chi connectivity index (χ0n) is 15.9. The fourth-order valence-electron chi connectivity index (χ4n) is 3.98. The Morgan fingerprint density at radius 1 is 1.27 bits per heavy atom. The fraction of sp³-hybridized carbons (Fsp3) is 0.684. The molecule has 2 aliphatic rings. The van der Waals surface area contributed by atoms with E-state index in [1.54, 1.807) is 6.92 Å². The van der Waals surface area contributed by atoms with Gasteiger partial charge in [-0.3, -0.25) is 4.79 Å². The molecule has 0 saturated carbocycles. The average Bonchev–Trinajstić information content (AvgIpc) is 3.12. The molecule has 6 nitrogen and oxygen atoms in total. The van der Waals surface area contributed by atoms with E-state index in [9.17, 15) is 9.59 Å². The lowest BCUT2D eigenvalue weighted by atomic mass is 10.1. The highest BCUT2D eigenvalue weighted by Crippen LogP contribution is 2.39. The molecule has 1 aliphatic heterocycles. The summed E-state index contributed by atoms with van der Waals surface area (Å²) >= 11 is 1.53. The van der Waals surface area contributed by atoms with Crippen LogP contribution in [0.5, 0.6) is 0 Å². The van der Waals surface area contributed by atoms with Crippen LogP contribution in [0, 0.1) is 0 Å². The summed E-state index contributed by atoms with van der Waals surface area (Å²) in [6, 6.07) is 0. The number of rotatable bonds is 6.